The topological polar surface area (TPSA) is 21.8 Å². The highest BCUT2D eigenvalue weighted by atomic mass is 15.5. The van der Waals surface area contributed by atoms with Gasteiger partial charge in [0.05, 0.1) is 24.2 Å². The summed E-state index contributed by atoms with van der Waals surface area (Å²) >= 11 is 0. The van der Waals surface area contributed by atoms with Crippen LogP contribution in [-0.4, -0.2) is 30.1 Å². The minimum Gasteiger partial charge on any atom is -0.317 e. The molecular formula is C38H44N4. The van der Waals surface area contributed by atoms with Crippen molar-refractivity contribution in [3.05, 3.63) is 151 Å². The first kappa shape index (κ1) is 29.5. The van der Waals surface area contributed by atoms with Crippen LogP contribution < -0.4 is 10.2 Å². The maximum absolute atomic E-state index is 4.29. The molecule has 42 heavy (non-hydrogen) atoms. The number of fused-ring (bicyclic) bond motifs is 1. The highest BCUT2D eigenvalue weighted by Crippen LogP contribution is 2.39. The maximum Gasteiger partial charge on any atom is 0.0911 e. The van der Waals surface area contributed by atoms with Crippen LogP contribution in [0.5, 0.6) is 0 Å². The largest absolute Gasteiger partial charge is 0.317 e. The summed E-state index contributed by atoms with van der Waals surface area (Å²) in [5.74, 6) is 1.00. The van der Waals surface area contributed by atoms with Crippen LogP contribution in [0.25, 0.3) is 5.57 Å². The van der Waals surface area contributed by atoms with Crippen molar-refractivity contribution in [2.75, 3.05) is 19.0 Å². The van der Waals surface area contributed by atoms with E-state index >= 15 is 0 Å². The van der Waals surface area contributed by atoms with Gasteiger partial charge in [0, 0.05) is 17.5 Å². The molecule has 1 fully saturated rings. The molecule has 3 aromatic rings. The summed E-state index contributed by atoms with van der Waals surface area (Å²) < 4.78 is 0. The fourth-order valence-electron chi connectivity index (χ4n) is 5.95. The predicted octanol–water partition coefficient (Wildman–Crippen LogP) is 8.82. The number of rotatable bonds is 7. The zero-order valence-corrected chi connectivity index (χ0v) is 25.6. The number of anilines is 2. The Morgan fingerprint density at radius 3 is 2.21 bits per heavy atom. The minimum absolute atomic E-state index is 0.000959. The van der Waals surface area contributed by atoms with Crippen molar-refractivity contribution < 1.29 is 0 Å². The van der Waals surface area contributed by atoms with E-state index in [2.05, 4.69) is 171 Å². The Kier molecular flexibility index (Phi) is 9.08. The average Bonchev–Trinajstić information content (AvgIpc) is 3.00. The first-order valence-corrected chi connectivity index (χ1v) is 14.9. The third-order valence-electron chi connectivity index (χ3n) is 8.70. The van der Waals surface area contributed by atoms with Gasteiger partial charge in [0.1, 0.15) is 0 Å². The SMILES string of the molecule is C=C/C(=C\C(C)C(C)C)C1NC(c2ccc(N3/C=C\C=C/C(=C)c4ccccc43)cc2)N(C)C(c2ccccc2)N1C. The van der Waals surface area contributed by atoms with Crippen molar-refractivity contribution in [2.24, 2.45) is 11.8 Å². The first-order valence-electron chi connectivity index (χ1n) is 14.9. The number of allylic oxidation sites excluding steroid dienone is 5. The Balaban J connectivity index is 1.52. The number of likely N-dealkylation sites (N-methyl/N-ethyl adjacent to an activating group) is 1. The van der Waals surface area contributed by atoms with Gasteiger partial charge in [-0.1, -0.05) is 119 Å². The van der Waals surface area contributed by atoms with Gasteiger partial charge in [-0.05, 0) is 72.5 Å². The molecule has 0 aromatic heterocycles. The van der Waals surface area contributed by atoms with Crippen molar-refractivity contribution in [1.82, 2.24) is 15.1 Å². The first-order chi connectivity index (χ1) is 20.3. The molecular weight excluding hydrogens is 512 g/mol. The van der Waals surface area contributed by atoms with Crippen LogP contribution in [0.15, 0.2) is 134 Å². The van der Waals surface area contributed by atoms with Crippen molar-refractivity contribution in [2.45, 2.75) is 39.3 Å². The standard InChI is InChI=1S/C38H44N4/c1-8-30(26-29(5)27(2)3)36-39-37(41(7)38(40(36)6)32-17-10-9-11-18-32)31-21-23-33(24-22-31)42-25-15-14-16-28(4)34-19-12-13-20-35(34)42/h8-27,29,36-39H,1,4H2,2-3,5-7H3/b16-14-,25-15-,30-26+. The third-order valence-corrected chi connectivity index (χ3v) is 8.70. The Morgan fingerprint density at radius 2 is 1.52 bits per heavy atom. The molecule has 0 spiro atoms. The molecule has 3 aromatic carbocycles. The molecule has 2 heterocycles. The summed E-state index contributed by atoms with van der Waals surface area (Å²) in [5, 5.41) is 3.97. The molecule has 0 radical (unpaired) electrons. The Morgan fingerprint density at radius 1 is 0.833 bits per heavy atom. The molecule has 0 amide bonds. The second-order valence-corrected chi connectivity index (χ2v) is 11.8. The van der Waals surface area contributed by atoms with E-state index in [0.717, 1.165) is 22.5 Å². The molecule has 4 unspecified atom stereocenters. The van der Waals surface area contributed by atoms with E-state index in [9.17, 15) is 0 Å². The van der Waals surface area contributed by atoms with Gasteiger partial charge in [-0.3, -0.25) is 15.1 Å². The molecule has 5 rings (SSSR count). The number of hydrogen-bond acceptors (Lipinski definition) is 4. The molecule has 4 heteroatoms. The molecule has 0 bridgehead atoms. The Bertz CT molecular complexity index is 1480. The van der Waals surface area contributed by atoms with Gasteiger partial charge < -0.3 is 4.90 Å². The lowest BCUT2D eigenvalue weighted by molar-refractivity contribution is -0.0516. The van der Waals surface area contributed by atoms with Crippen LogP contribution in [-0.2, 0) is 0 Å². The van der Waals surface area contributed by atoms with E-state index in [1.165, 1.54) is 16.7 Å². The summed E-state index contributed by atoms with van der Waals surface area (Å²) in [7, 11) is 4.41. The molecule has 4 nitrogen and oxygen atoms in total. The van der Waals surface area contributed by atoms with Gasteiger partial charge in [0.25, 0.3) is 0 Å². The van der Waals surface area contributed by atoms with E-state index < -0.39 is 0 Å². The summed E-state index contributed by atoms with van der Waals surface area (Å²) in [5.41, 5.74) is 8.06. The number of nitrogens with one attached hydrogen (secondary N) is 1. The monoisotopic (exact) mass is 556 g/mol. The van der Waals surface area contributed by atoms with E-state index in [0.29, 0.717) is 11.8 Å². The fraction of sp³-hybridized carbons (Fsp3) is 0.263. The lowest BCUT2D eigenvalue weighted by Gasteiger charge is -2.51. The average molecular weight is 557 g/mol. The predicted molar refractivity (Wildman–Crippen MR) is 179 cm³/mol. The molecule has 2 aliphatic rings. The highest BCUT2D eigenvalue weighted by molar-refractivity contribution is 5.85. The smallest absolute Gasteiger partial charge is 0.0911 e. The normalized spacial score (nSPS) is 24.0. The summed E-state index contributed by atoms with van der Waals surface area (Å²) in [6.45, 7) is 15.4. The zero-order chi connectivity index (χ0) is 29.8. The van der Waals surface area contributed by atoms with Crippen LogP contribution in [0.4, 0.5) is 11.4 Å². The number of benzene rings is 3. The van der Waals surface area contributed by atoms with Crippen molar-refractivity contribution in [3.8, 4) is 0 Å². The molecule has 0 saturated carbocycles. The van der Waals surface area contributed by atoms with Crippen molar-refractivity contribution in [3.63, 3.8) is 0 Å². The number of nitrogens with zero attached hydrogens (tertiary/aromatic N) is 3. The van der Waals surface area contributed by atoms with Gasteiger partial charge in [-0.15, -0.1) is 0 Å². The lowest BCUT2D eigenvalue weighted by Crippen LogP contribution is -2.60. The second kappa shape index (κ2) is 12.9. The number of para-hydroxylation sites is 1. The van der Waals surface area contributed by atoms with E-state index in [1.54, 1.807) is 0 Å². The van der Waals surface area contributed by atoms with Crippen LogP contribution in [0.1, 0.15) is 49.8 Å². The summed E-state index contributed by atoms with van der Waals surface area (Å²) in [6.07, 6.45) is 12.8. The maximum atomic E-state index is 4.29. The minimum atomic E-state index is 0.000959. The van der Waals surface area contributed by atoms with Crippen LogP contribution in [0.3, 0.4) is 0 Å². The molecule has 0 aliphatic carbocycles. The van der Waals surface area contributed by atoms with Gasteiger partial charge >= 0.3 is 0 Å². The van der Waals surface area contributed by atoms with E-state index in [4.69, 9.17) is 0 Å². The quantitative estimate of drug-likeness (QED) is 0.294. The molecule has 1 N–H and O–H groups in total. The van der Waals surface area contributed by atoms with Crippen molar-refractivity contribution in [1.29, 1.82) is 0 Å². The Hall–Kier alpha value is -3.96. The van der Waals surface area contributed by atoms with Crippen molar-refractivity contribution >= 4 is 16.9 Å². The lowest BCUT2D eigenvalue weighted by atomic mass is 9.93. The van der Waals surface area contributed by atoms with E-state index in [1.807, 2.05) is 12.2 Å². The van der Waals surface area contributed by atoms with Crippen LogP contribution in [0.2, 0.25) is 0 Å². The second-order valence-electron chi connectivity index (χ2n) is 11.8. The Labute approximate surface area is 252 Å². The van der Waals surface area contributed by atoms with Gasteiger partial charge in [-0.25, -0.2) is 0 Å². The summed E-state index contributed by atoms with van der Waals surface area (Å²) in [6, 6.07) is 28.2. The summed E-state index contributed by atoms with van der Waals surface area (Å²) in [4.78, 5) is 7.08. The molecule has 1 saturated heterocycles. The van der Waals surface area contributed by atoms with Gasteiger partial charge in [0.15, 0.2) is 0 Å². The molecule has 2 aliphatic heterocycles. The van der Waals surface area contributed by atoms with Crippen LogP contribution in [0, 0.1) is 11.8 Å². The highest BCUT2D eigenvalue weighted by Gasteiger charge is 2.39. The third kappa shape index (κ3) is 5.98. The van der Waals surface area contributed by atoms with Gasteiger partial charge in [0.2, 0.25) is 0 Å². The number of hydrogen-bond donors (Lipinski definition) is 1. The fourth-order valence-corrected chi connectivity index (χ4v) is 5.95. The molecule has 4 atom stereocenters. The zero-order valence-electron chi connectivity index (χ0n) is 25.6. The van der Waals surface area contributed by atoms with Crippen LogP contribution >= 0.6 is 0 Å². The van der Waals surface area contributed by atoms with Gasteiger partial charge in [-0.2, -0.15) is 0 Å². The van der Waals surface area contributed by atoms with E-state index in [-0.39, 0.29) is 18.5 Å². The molecule has 216 valence electrons.